The Kier molecular flexibility index (Phi) is 6.84. The van der Waals surface area contributed by atoms with Gasteiger partial charge in [0.05, 0.1) is 23.4 Å². The number of halogens is 1. The maximum Gasteiger partial charge on any atom is 0.163 e. The molecule has 1 fully saturated rings. The molecule has 0 N–H and O–H groups in total. The van der Waals surface area contributed by atoms with E-state index in [4.69, 9.17) is 25.6 Å². The van der Waals surface area contributed by atoms with Crippen LogP contribution in [0.15, 0.2) is 29.2 Å². The Morgan fingerprint density at radius 1 is 1.31 bits per heavy atom. The van der Waals surface area contributed by atoms with Crippen LogP contribution in [0, 0.1) is 0 Å². The molecule has 1 aliphatic rings. The highest BCUT2D eigenvalue weighted by atomic mass is 35.5. The molecule has 32 heavy (non-hydrogen) atoms. The number of nitrogens with zero attached hydrogens (tertiary/aromatic N) is 6. The van der Waals surface area contributed by atoms with Crippen LogP contribution in [0.25, 0.3) is 0 Å². The van der Waals surface area contributed by atoms with Gasteiger partial charge in [-0.05, 0) is 13.3 Å². The molecule has 1 saturated heterocycles. The Morgan fingerprint density at radius 2 is 2.09 bits per heavy atom. The molecule has 0 unspecified atom stereocenters. The van der Waals surface area contributed by atoms with E-state index in [0.29, 0.717) is 42.1 Å². The van der Waals surface area contributed by atoms with Crippen molar-refractivity contribution < 1.29 is 22.4 Å². The number of hydrogen-bond donors (Lipinski definition) is 0. The molecule has 4 rings (SSSR count). The predicted molar refractivity (Wildman–Crippen MR) is 113 cm³/mol. The Morgan fingerprint density at radius 3 is 2.72 bits per heavy atom. The van der Waals surface area contributed by atoms with Crippen molar-refractivity contribution in [3.8, 4) is 0 Å². The number of rotatable bonds is 9. The molecule has 0 aromatic carbocycles. The van der Waals surface area contributed by atoms with E-state index in [0.717, 1.165) is 6.42 Å². The first-order valence-electron chi connectivity index (χ1n) is 10.00. The summed E-state index contributed by atoms with van der Waals surface area (Å²) in [6, 6.07) is 1.72. The van der Waals surface area contributed by atoms with Crippen molar-refractivity contribution in [3.05, 3.63) is 52.9 Å². The van der Waals surface area contributed by atoms with Crippen molar-refractivity contribution in [2.24, 2.45) is 0 Å². The van der Waals surface area contributed by atoms with Crippen LogP contribution in [-0.2, 0) is 31.6 Å². The van der Waals surface area contributed by atoms with E-state index in [2.05, 4.69) is 25.3 Å². The van der Waals surface area contributed by atoms with Crippen LogP contribution < -0.4 is 0 Å². The summed E-state index contributed by atoms with van der Waals surface area (Å²) >= 11 is 5.85. The molecule has 3 atom stereocenters. The Labute approximate surface area is 190 Å². The Balaban J connectivity index is 1.62. The van der Waals surface area contributed by atoms with Crippen LogP contribution in [0.1, 0.15) is 48.5 Å². The quantitative estimate of drug-likeness (QED) is 0.445. The third-order valence-corrected chi connectivity index (χ3v) is 7.67. The summed E-state index contributed by atoms with van der Waals surface area (Å²) in [6.07, 6.45) is 4.19. The van der Waals surface area contributed by atoms with Gasteiger partial charge in [-0.1, -0.05) is 16.8 Å². The van der Waals surface area contributed by atoms with Gasteiger partial charge in [0.1, 0.15) is 35.5 Å². The molecule has 172 valence electrons. The molecule has 3 aromatic heterocycles. The molecule has 1 aliphatic heterocycles. The number of aromatic nitrogens is 6. The highest BCUT2D eigenvalue weighted by Gasteiger charge is 2.35. The minimum absolute atomic E-state index is 0.0393. The van der Waals surface area contributed by atoms with Gasteiger partial charge in [0.2, 0.25) is 0 Å². The average Bonchev–Trinajstić information content (AvgIpc) is 3.53. The molecule has 11 nitrogen and oxygen atoms in total. The number of methoxy groups -OCH3 is 1. The minimum atomic E-state index is -3.73. The van der Waals surface area contributed by atoms with E-state index in [9.17, 15) is 8.42 Å². The lowest BCUT2D eigenvalue weighted by Gasteiger charge is -2.21. The SMILES string of the molecule is CO[C@H](c1ncc(Cl)cn1)[C@H](C)S(=O)(=O)Cc1nnc([C@@H]2CCOC2)n1Cc1ccon1. The first-order chi connectivity index (χ1) is 15.4. The van der Waals surface area contributed by atoms with Gasteiger partial charge in [-0.3, -0.25) is 0 Å². The molecule has 0 radical (unpaired) electrons. The van der Waals surface area contributed by atoms with Gasteiger partial charge in [-0.15, -0.1) is 10.2 Å². The van der Waals surface area contributed by atoms with E-state index in [1.54, 1.807) is 17.6 Å². The lowest BCUT2D eigenvalue weighted by molar-refractivity contribution is 0.0948. The van der Waals surface area contributed by atoms with Crippen molar-refractivity contribution in [3.63, 3.8) is 0 Å². The average molecular weight is 483 g/mol. The largest absolute Gasteiger partial charge is 0.381 e. The molecule has 0 spiro atoms. The fraction of sp³-hybridized carbons (Fsp3) is 0.526. The summed E-state index contributed by atoms with van der Waals surface area (Å²) in [5.74, 6) is 0.930. The molecular weight excluding hydrogens is 460 g/mol. The number of ether oxygens (including phenoxy) is 2. The summed E-state index contributed by atoms with van der Waals surface area (Å²) in [5.41, 5.74) is 0.640. The van der Waals surface area contributed by atoms with Crippen molar-refractivity contribution in [1.29, 1.82) is 0 Å². The van der Waals surface area contributed by atoms with Gasteiger partial charge in [0.25, 0.3) is 0 Å². The summed E-state index contributed by atoms with van der Waals surface area (Å²) < 4.78 is 44.3. The van der Waals surface area contributed by atoms with E-state index in [1.807, 2.05) is 0 Å². The highest BCUT2D eigenvalue weighted by molar-refractivity contribution is 7.91. The second-order valence-corrected chi connectivity index (χ2v) is 10.3. The van der Waals surface area contributed by atoms with Crippen molar-refractivity contribution in [2.45, 2.75) is 42.9 Å². The number of sulfone groups is 1. The second kappa shape index (κ2) is 9.61. The normalized spacial score (nSPS) is 18.7. The van der Waals surface area contributed by atoms with Crippen LogP contribution in [0.4, 0.5) is 0 Å². The fourth-order valence-electron chi connectivity index (χ4n) is 3.63. The summed E-state index contributed by atoms with van der Waals surface area (Å²) in [4.78, 5) is 8.23. The van der Waals surface area contributed by atoms with E-state index >= 15 is 0 Å². The van der Waals surface area contributed by atoms with Crippen LogP contribution >= 0.6 is 11.6 Å². The van der Waals surface area contributed by atoms with Crippen molar-refractivity contribution in [1.82, 2.24) is 29.9 Å². The minimum Gasteiger partial charge on any atom is -0.381 e. The lowest BCUT2D eigenvalue weighted by atomic mass is 10.1. The zero-order valence-corrected chi connectivity index (χ0v) is 19.2. The van der Waals surface area contributed by atoms with E-state index in [-0.39, 0.29) is 17.5 Å². The fourth-order valence-corrected chi connectivity index (χ4v) is 5.17. The predicted octanol–water partition coefficient (Wildman–Crippen LogP) is 1.95. The highest BCUT2D eigenvalue weighted by Crippen LogP contribution is 2.28. The maximum atomic E-state index is 13.3. The molecule has 4 heterocycles. The Hall–Kier alpha value is -2.41. The van der Waals surface area contributed by atoms with Gasteiger partial charge in [-0.2, -0.15) is 0 Å². The molecule has 3 aromatic rings. The zero-order chi connectivity index (χ0) is 22.7. The van der Waals surface area contributed by atoms with Crippen LogP contribution in [0.2, 0.25) is 5.02 Å². The summed E-state index contributed by atoms with van der Waals surface area (Å²) in [6.45, 7) is 3.00. The van der Waals surface area contributed by atoms with Gasteiger partial charge < -0.3 is 18.6 Å². The maximum absolute atomic E-state index is 13.3. The number of hydrogen-bond acceptors (Lipinski definition) is 10. The standard InChI is InChI=1S/C19H23ClN6O5S/c1-12(17(29-2)18-21-7-14(20)8-22-18)32(27,28)11-16-23-24-19(13-3-5-30-10-13)26(16)9-15-4-6-31-25-15/h4,6-8,12-13,17H,3,5,9-11H2,1-2H3/t12-,13+,17-/m0/s1. The molecule has 0 amide bonds. The molecule has 0 aliphatic carbocycles. The van der Waals surface area contributed by atoms with Gasteiger partial charge >= 0.3 is 0 Å². The van der Waals surface area contributed by atoms with Crippen molar-refractivity contribution >= 4 is 21.4 Å². The molecule has 0 saturated carbocycles. The smallest absolute Gasteiger partial charge is 0.163 e. The first-order valence-corrected chi connectivity index (χ1v) is 12.1. The van der Waals surface area contributed by atoms with E-state index in [1.165, 1.54) is 25.8 Å². The van der Waals surface area contributed by atoms with E-state index < -0.39 is 21.2 Å². The zero-order valence-electron chi connectivity index (χ0n) is 17.6. The van der Waals surface area contributed by atoms with Gasteiger partial charge in [-0.25, -0.2) is 18.4 Å². The molecular formula is C19H23ClN6O5S. The topological polar surface area (TPSA) is 135 Å². The van der Waals surface area contributed by atoms with Gasteiger partial charge in [0.15, 0.2) is 15.7 Å². The summed E-state index contributed by atoms with van der Waals surface area (Å²) in [7, 11) is -2.31. The Bertz CT molecular complexity index is 1130. The monoisotopic (exact) mass is 482 g/mol. The lowest BCUT2D eigenvalue weighted by Crippen LogP contribution is -2.30. The van der Waals surface area contributed by atoms with Gasteiger partial charge in [0, 0.05) is 38.1 Å². The van der Waals surface area contributed by atoms with Crippen LogP contribution in [0.3, 0.4) is 0 Å². The van der Waals surface area contributed by atoms with Crippen LogP contribution in [0.5, 0.6) is 0 Å². The first kappa shape index (κ1) is 22.8. The molecule has 0 bridgehead atoms. The third kappa shape index (κ3) is 4.82. The second-order valence-electron chi connectivity index (χ2n) is 7.54. The van der Waals surface area contributed by atoms with Crippen LogP contribution in [-0.4, -0.2) is 63.9 Å². The summed E-state index contributed by atoms with van der Waals surface area (Å²) in [5, 5.41) is 11.9. The molecule has 13 heteroatoms. The van der Waals surface area contributed by atoms with Crippen molar-refractivity contribution in [2.75, 3.05) is 20.3 Å². The third-order valence-electron chi connectivity index (χ3n) is 5.43.